The van der Waals surface area contributed by atoms with Crippen molar-refractivity contribution in [2.45, 2.75) is 40.6 Å². The number of carbonyl (C=O) groups is 8. The van der Waals surface area contributed by atoms with E-state index in [0.717, 1.165) is 16.7 Å². The Morgan fingerprint density at radius 2 is 0.705 bits per heavy atom. The molecule has 0 unspecified atom stereocenters. The molecule has 3 aromatic rings. The van der Waals surface area contributed by atoms with Gasteiger partial charge in [-0.2, -0.15) is 0 Å². The van der Waals surface area contributed by atoms with E-state index in [9.17, 15) is 38.4 Å². The third-order valence-electron chi connectivity index (χ3n) is 7.25. The van der Waals surface area contributed by atoms with Gasteiger partial charge in [-0.3, -0.25) is 4.79 Å². The SMILES string of the molecule is C.CCC(=O)OCc1ccccc1.O=C(COCOCCOOCCOOCc1ccccc1)OCC(=O)OCc1ccccc1.O=C(O)COCOCC(=O)O.O=C(O)COOCCOCOCC(=O)OCC(=O)O.[2H]C#C. The number of hydrogen-bond donors (Lipinski definition) is 4. The van der Waals surface area contributed by atoms with Gasteiger partial charge < -0.3 is 67.8 Å². The lowest BCUT2D eigenvalue weighted by Crippen LogP contribution is -2.20. The molecule has 0 fully saturated rings. The molecule has 0 aliphatic carbocycles. The van der Waals surface area contributed by atoms with Gasteiger partial charge in [-0.25, -0.2) is 62.9 Å². The molecule has 28 heteroatoms. The lowest BCUT2D eigenvalue weighted by atomic mass is 10.2. The van der Waals surface area contributed by atoms with Gasteiger partial charge in [0.25, 0.3) is 0 Å². The Labute approximate surface area is 451 Å². The lowest BCUT2D eigenvalue weighted by Gasteiger charge is -2.08. The topological polar surface area (TPSA) is 365 Å². The molecule has 3 rings (SSSR count). The highest BCUT2D eigenvalue weighted by atomic mass is 17.2. The molecule has 0 aliphatic rings. The fourth-order valence-electron chi connectivity index (χ4n) is 4.05. The van der Waals surface area contributed by atoms with E-state index in [-0.39, 0.29) is 86.6 Å². The molecule has 436 valence electrons. The largest absolute Gasteiger partial charge is 0.480 e. The molecular formula is C50H68O28. The van der Waals surface area contributed by atoms with Crippen molar-refractivity contribution >= 4 is 47.8 Å². The van der Waals surface area contributed by atoms with E-state index in [2.05, 4.69) is 30.4 Å². The predicted octanol–water partition coefficient (Wildman–Crippen LogP) is 3.17. The molecule has 3 aromatic carbocycles. The van der Waals surface area contributed by atoms with Gasteiger partial charge in [0.2, 0.25) is 0 Å². The average Bonchev–Trinajstić information content (AvgIpc) is 3.42. The van der Waals surface area contributed by atoms with Crippen LogP contribution in [-0.2, 0) is 135 Å². The third-order valence-corrected chi connectivity index (χ3v) is 7.25. The third kappa shape index (κ3) is 56.2. The van der Waals surface area contributed by atoms with E-state index in [0.29, 0.717) is 19.6 Å². The Balaban J connectivity index is -0.00000106. The molecule has 0 radical (unpaired) electrons. The van der Waals surface area contributed by atoms with Crippen molar-refractivity contribution in [2.75, 3.05) is 106 Å². The molecule has 4 N–H and O–H groups in total. The van der Waals surface area contributed by atoms with Gasteiger partial charge in [0, 0.05) is 6.42 Å². The summed E-state index contributed by atoms with van der Waals surface area (Å²) in [5, 5.41) is 32.4. The Kier molecular flexibility index (Phi) is 51.8. The summed E-state index contributed by atoms with van der Waals surface area (Å²) >= 11 is 0. The van der Waals surface area contributed by atoms with Gasteiger partial charge >= 0.3 is 47.8 Å². The first-order valence-corrected chi connectivity index (χ1v) is 22.3. The Hall–Kier alpha value is -7.50. The number of rotatable bonds is 39. The minimum atomic E-state index is -1.26. The summed E-state index contributed by atoms with van der Waals surface area (Å²) in [5.41, 5.74) is 2.87. The van der Waals surface area contributed by atoms with Crippen molar-refractivity contribution < 1.29 is 137 Å². The van der Waals surface area contributed by atoms with Crippen LogP contribution in [-0.4, -0.2) is 174 Å². The summed E-state index contributed by atoms with van der Waals surface area (Å²) in [6.07, 6.45) is 6.20. The van der Waals surface area contributed by atoms with E-state index < -0.39 is 81.4 Å². The van der Waals surface area contributed by atoms with Crippen molar-refractivity contribution in [3.63, 3.8) is 0 Å². The number of aliphatic carboxylic acids is 4. The van der Waals surface area contributed by atoms with Crippen LogP contribution in [0.5, 0.6) is 0 Å². The second-order valence-electron chi connectivity index (χ2n) is 13.4. The second kappa shape index (κ2) is 55.7. The highest BCUT2D eigenvalue weighted by molar-refractivity contribution is 5.77. The zero-order chi connectivity index (χ0) is 58.1. The van der Waals surface area contributed by atoms with Gasteiger partial charge in [-0.1, -0.05) is 105 Å². The van der Waals surface area contributed by atoms with Gasteiger partial charge in [0.05, 0.1) is 13.2 Å². The highest BCUT2D eigenvalue weighted by Gasteiger charge is 2.10. The quantitative estimate of drug-likeness (QED) is 0.0121. The summed E-state index contributed by atoms with van der Waals surface area (Å²) in [7, 11) is 0. The normalized spacial score (nSPS) is 9.87. The smallest absolute Gasteiger partial charge is 0.344 e. The fraction of sp³-hybridized carbons (Fsp3) is 0.440. The van der Waals surface area contributed by atoms with Crippen LogP contribution in [0.1, 0.15) is 38.8 Å². The molecule has 0 atom stereocenters. The number of carboxylic acid groups (broad SMARTS) is 4. The molecule has 0 aromatic heterocycles. The highest BCUT2D eigenvalue weighted by Crippen LogP contribution is 2.03. The Morgan fingerprint density at radius 1 is 0.385 bits per heavy atom. The number of esters is 4. The molecule has 0 saturated heterocycles. The molecule has 0 saturated carbocycles. The van der Waals surface area contributed by atoms with E-state index in [1.165, 1.54) is 6.40 Å². The number of terminal acetylenes is 1. The molecule has 0 amide bonds. The molecule has 0 spiro atoms. The average molecular weight is 1120 g/mol. The van der Waals surface area contributed by atoms with Crippen LogP contribution in [0.25, 0.3) is 0 Å². The van der Waals surface area contributed by atoms with Crippen LogP contribution in [0.3, 0.4) is 0 Å². The number of carbonyl (C=O) groups excluding carboxylic acids is 4. The molecule has 0 aliphatic heterocycles. The van der Waals surface area contributed by atoms with Crippen LogP contribution in [0.4, 0.5) is 0 Å². The summed E-state index contributed by atoms with van der Waals surface area (Å²) in [6.45, 7) is -0.842. The minimum absolute atomic E-state index is 0. The van der Waals surface area contributed by atoms with E-state index >= 15 is 0 Å². The van der Waals surface area contributed by atoms with Crippen LogP contribution < -0.4 is 0 Å². The maximum Gasteiger partial charge on any atom is 0.344 e. The van der Waals surface area contributed by atoms with Crippen molar-refractivity contribution in [1.29, 1.82) is 0 Å². The molecular weight excluding hydrogens is 1050 g/mol. The maximum absolute atomic E-state index is 11.5. The van der Waals surface area contributed by atoms with E-state index in [1.807, 2.05) is 91.0 Å². The zero-order valence-corrected chi connectivity index (χ0v) is 42.0. The summed E-state index contributed by atoms with van der Waals surface area (Å²) in [4.78, 5) is 113. The van der Waals surface area contributed by atoms with Gasteiger partial charge in [0.15, 0.2) is 19.8 Å². The van der Waals surface area contributed by atoms with Gasteiger partial charge in [-0.15, -0.1) is 12.8 Å². The second-order valence-corrected chi connectivity index (χ2v) is 13.4. The standard InChI is InChI=1S/C23H28O10.C10H12O2.C9H14O10.C5H8O6.C2H2.CH4/c24-22(29-18-23(25)28-15-20-7-3-1-4-8-20)17-27-19-26-11-12-30-31-13-14-32-33-16-21-9-5-2-6-10-21;1-2-10(11)12-8-9-6-4-3-5-7-9;10-7(11)3-17-9(14)5-16-6-15-1-2-18-19-4-8(12)13;6-4(7)1-10-3-11-2-5(8)9;1-2;/h1-10H,11-19H2;3-7H,2,8H2,1H3;1-6H2,(H,10,11)(H,12,13);1-3H2,(H,6,7)(H,8,9);1-2H;1H4/i;;;;1D;. The monoisotopic (exact) mass is 1120 g/mol. The maximum atomic E-state index is 11.5. The lowest BCUT2D eigenvalue weighted by molar-refractivity contribution is -0.347. The molecule has 78 heavy (non-hydrogen) atoms. The van der Waals surface area contributed by atoms with Gasteiger partial charge in [-0.05, 0) is 16.7 Å². The fourth-order valence-corrected chi connectivity index (χ4v) is 4.05. The molecule has 0 heterocycles. The molecule has 28 nitrogen and oxygen atoms in total. The number of hydrogen-bond acceptors (Lipinski definition) is 24. The summed E-state index contributed by atoms with van der Waals surface area (Å²) in [6, 6.07) is 28.4. The van der Waals surface area contributed by atoms with Crippen LogP contribution in [0.15, 0.2) is 91.0 Å². The zero-order valence-electron chi connectivity index (χ0n) is 43.0. The van der Waals surface area contributed by atoms with Crippen molar-refractivity contribution in [3.05, 3.63) is 108 Å². The van der Waals surface area contributed by atoms with Crippen molar-refractivity contribution in [3.8, 4) is 12.8 Å². The van der Waals surface area contributed by atoms with Gasteiger partial charge in [0.1, 0.15) is 94.4 Å². The first kappa shape index (κ1) is 72.6. The first-order valence-electron chi connectivity index (χ1n) is 22.8. The summed E-state index contributed by atoms with van der Waals surface area (Å²) < 4.78 is 53.0. The molecule has 0 bridgehead atoms. The van der Waals surface area contributed by atoms with E-state index in [1.54, 1.807) is 6.92 Å². The minimum Gasteiger partial charge on any atom is -0.480 e. The first-order chi connectivity index (χ1) is 37.6. The van der Waals surface area contributed by atoms with Crippen molar-refractivity contribution in [2.24, 2.45) is 0 Å². The summed E-state index contributed by atoms with van der Waals surface area (Å²) in [5.74, 6) is -7.00. The van der Waals surface area contributed by atoms with Crippen LogP contribution in [0, 0.1) is 12.8 Å². The van der Waals surface area contributed by atoms with Crippen molar-refractivity contribution in [1.82, 2.24) is 0 Å². The number of carboxylic acids is 4. The predicted molar refractivity (Wildman–Crippen MR) is 263 cm³/mol. The van der Waals surface area contributed by atoms with Crippen LogP contribution >= 0.6 is 0 Å². The number of benzene rings is 3. The Bertz CT molecular complexity index is 2040. The van der Waals surface area contributed by atoms with Crippen LogP contribution in [0.2, 0.25) is 0 Å². The van der Waals surface area contributed by atoms with E-state index in [4.69, 9.17) is 74.5 Å². The number of ether oxygens (including phenoxy) is 10. The Morgan fingerprint density at radius 3 is 1.12 bits per heavy atom.